The van der Waals surface area contributed by atoms with Crippen LogP contribution in [0.3, 0.4) is 0 Å². The zero-order valence-electron chi connectivity index (χ0n) is 13.8. The van der Waals surface area contributed by atoms with Gasteiger partial charge in [-0.15, -0.1) is 5.10 Å². The summed E-state index contributed by atoms with van der Waals surface area (Å²) in [5, 5.41) is 14.9. The van der Waals surface area contributed by atoms with Crippen LogP contribution in [0.15, 0.2) is 30.5 Å². The van der Waals surface area contributed by atoms with Crippen LogP contribution < -0.4 is 10.6 Å². The van der Waals surface area contributed by atoms with Crippen LogP contribution in [-0.2, 0) is 6.54 Å². The van der Waals surface area contributed by atoms with Crippen molar-refractivity contribution < 1.29 is 0 Å². The van der Waals surface area contributed by atoms with Gasteiger partial charge in [0.1, 0.15) is 0 Å². The molecule has 0 radical (unpaired) electrons. The number of hydrogen-bond acceptors (Lipinski definition) is 5. The Balaban J connectivity index is 1.58. The molecule has 0 bridgehead atoms. The Kier molecular flexibility index (Phi) is 5.40. The number of benzene rings is 1. The molecular weight excluding hydrogens is 286 g/mol. The van der Waals surface area contributed by atoms with Gasteiger partial charge < -0.3 is 10.6 Å². The minimum Gasteiger partial charge on any atom is -0.366 e. The predicted molar refractivity (Wildman–Crippen MR) is 93.4 cm³/mol. The van der Waals surface area contributed by atoms with E-state index in [1.807, 2.05) is 0 Å². The first kappa shape index (κ1) is 15.7. The second kappa shape index (κ2) is 7.90. The van der Waals surface area contributed by atoms with E-state index in [9.17, 15) is 0 Å². The SMILES string of the molecule is Cc1cccc(CNc2nncc(NC3CCCCCC3)n2)c1. The number of nitrogens with one attached hydrogen (secondary N) is 2. The molecule has 0 aliphatic heterocycles. The molecule has 1 aromatic heterocycles. The molecule has 2 N–H and O–H groups in total. The molecule has 1 heterocycles. The average Bonchev–Trinajstić information content (AvgIpc) is 2.82. The van der Waals surface area contributed by atoms with E-state index in [-0.39, 0.29) is 0 Å². The molecule has 1 aliphatic rings. The Morgan fingerprint density at radius 1 is 1.13 bits per heavy atom. The lowest BCUT2D eigenvalue weighted by atomic mass is 10.1. The summed E-state index contributed by atoms with van der Waals surface area (Å²) in [6.45, 7) is 2.80. The van der Waals surface area contributed by atoms with Crippen LogP contribution in [0, 0.1) is 6.92 Å². The Hall–Kier alpha value is -2.17. The lowest BCUT2D eigenvalue weighted by Gasteiger charge is -2.16. The number of aryl methyl sites for hydroxylation is 1. The molecular formula is C18H25N5. The smallest absolute Gasteiger partial charge is 0.244 e. The van der Waals surface area contributed by atoms with Crippen LogP contribution in [0.2, 0.25) is 0 Å². The number of rotatable bonds is 5. The van der Waals surface area contributed by atoms with Crippen LogP contribution in [0.1, 0.15) is 49.7 Å². The van der Waals surface area contributed by atoms with Crippen molar-refractivity contribution in [3.63, 3.8) is 0 Å². The maximum atomic E-state index is 4.54. The van der Waals surface area contributed by atoms with Crippen molar-refractivity contribution in [3.8, 4) is 0 Å². The molecule has 122 valence electrons. The van der Waals surface area contributed by atoms with E-state index in [2.05, 4.69) is 57.0 Å². The first-order valence-electron chi connectivity index (χ1n) is 8.55. The summed E-state index contributed by atoms with van der Waals surface area (Å²) in [5.74, 6) is 1.39. The fraction of sp³-hybridized carbons (Fsp3) is 0.500. The fourth-order valence-electron chi connectivity index (χ4n) is 3.08. The molecule has 23 heavy (non-hydrogen) atoms. The Bertz CT molecular complexity index is 620. The predicted octanol–water partition coefficient (Wildman–Crippen LogP) is 3.93. The minimum atomic E-state index is 0.513. The largest absolute Gasteiger partial charge is 0.366 e. The van der Waals surface area contributed by atoms with Crippen LogP contribution in [0.5, 0.6) is 0 Å². The summed E-state index contributed by atoms with van der Waals surface area (Å²) in [6.07, 6.45) is 9.45. The topological polar surface area (TPSA) is 62.7 Å². The molecule has 2 aromatic rings. The van der Waals surface area contributed by atoms with E-state index < -0.39 is 0 Å². The molecule has 1 aromatic carbocycles. The number of aromatic nitrogens is 3. The molecule has 0 amide bonds. The van der Waals surface area contributed by atoms with E-state index >= 15 is 0 Å². The zero-order chi connectivity index (χ0) is 15.9. The highest BCUT2D eigenvalue weighted by Gasteiger charge is 2.13. The third kappa shape index (κ3) is 4.91. The summed E-state index contributed by atoms with van der Waals surface area (Å²) in [5.41, 5.74) is 2.47. The molecule has 5 nitrogen and oxygen atoms in total. The summed E-state index contributed by atoms with van der Waals surface area (Å²) < 4.78 is 0. The Morgan fingerprint density at radius 2 is 1.96 bits per heavy atom. The highest BCUT2D eigenvalue weighted by Crippen LogP contribution is 2.20. The molecule has 0 atom stereocenters. The van der Waals surface area contributed by atoms with Gasteiger partial charge >= 0.3 is 0 Å². The second-order valence-corrected chi connectivity index (χ2v) is 6.34. The van der Waals surface area contributed by atoms with Gasteiger partial charge in [-0.3, -0.25) is 0 Å². The van der Waals surface area contributed by atoms with Gasteiger partial charge in [-0.25, -0.2) is 0 Å². The monoisotopic (exact) mass is 311 g/mol. The van der Waals surface area contributed by atoms with Gasteiger partial charge in [0.05, 0.1) is 6.20 Å². The van der Waals surface area contributed by atoms with Gasteiger partial charge in [-0.1, -0.05) is 55.5 Å². The van der Waals surface area contributed by atoms with E-state index in [1.165, 1.54) is 49.7 Å². The first-order valence-corrected chi connectivity index (χ1v) is 8.55. The molecule has 5 heteroatoms. The van der Waals surface area contributed by atoms with Crippen LogP contribution in [0.25, 0.3) is 0 Å². The second-order valence-electron chi connectivity index (χ2n) is 6.34. The Labute approximate surface area is 137 Å². The quantitative estimate of drug-likeness (QED) is 0.819. The lowest BCUT2D eigenvalue weighted by Crippen LogP contribution is -2.19. The van der Waals surface area contributed by atoms with Crippen molar-refractivity contribution in [2.75, 3.05) is 10.6 Å². The molecule has 1 aliphatic carbocycles. The average molecular weight is 311 g/mol. The minimum absolute atomic E-state index is 0.513. The summed E-state index contributed by atoms with van der Waals surface area (Å²) in [6, 6.07) is 8.93. The van der Waals surface area contributed by atoms with Gasteiger partial charge in [-0.2, -0.15) is 10.1 Å². The van der Waals surface area contributed by atoms with Gasteiger partial charge in [-0.05, 0) is 25.3 Å². The maximum absolute atomic E-state index is 4.54. The third-order valence-electron chi connectivity index (χ3n) is 4.30. The van der Waals surface area contributed by atoms with Crippen molar-refractivity contribution >= 4 is 11.8 Å². The molecule has 0 saturated heterocycles. The van der Waals surface area contributed by atoms with Crippen LogP contribution in [0.4, 0.5) is 11.8 Å². The molecule has 0 spiro atoms. The number of nitrogens with zero attached hydrogens (tertiary/aromatic N) is 3. The van der Waals surface area contributed by atoms with E-state index in [0.29, 0.717) is 18.5 Å². The van der Waals surface area contributed by atoms with E-state index in [1.54, 1.807) is 6.20 Å². The van der Waals surface area contributed by atoms with Crippen molar-refractivity contribution in [2.45, 2.75) is 58.0 Å². The highest BCUT2D eigenvalue weighted by molar-refractivity contribution is 5.38. The van der Waals surface area contributed by atoms with Gasteiger partial charge in [0.25, 0.3) is 0 Å². The van der Waals surface area contributed by atoms with Gasteiger partial charge in [0.15, 0.2) is 5.82 Å². The van der Waals surface area contributed by atoms with Gasteiger partial charge in [0.2, 0.25) is 5.95 Å². The van der Waals surface area contributed by atoms with Crippen molar-refractivity contribution in [2.24, 2.45) is 0 Å². The normalized spacial score (nSPS) is 15.9. The molecule has 0 unspecified atom stereocenters. The van der Waals surface area contributed by atoms with E-state index in [4.69, 9.17) is 0 Å². The van der Waals surface area contributed by atoms with Crippen molar-refractivity contribution in [3.05, 3.63) is 41.6 Å². The molecule has 3 rings (SSSR count). The lowest BCUT2D eigenvalue weighted by molar-refractivity contribution is 0.616. The van der Waals surface area contributed by atoms with Crippen LogP contribution >= 0.6 is 0 Å². The highest BCUT2D eigenvalue weighted by atomic mass is 15.3. The van der Waals surface area contributed by atoms with Crippen LogP contribution in [-0.4, -0.2) is 21.2 Å². The van der Waals surface area contributed by atoms with Crippen molar-refractivity contribution in [1.82, 2.24) is 15.2 Å². The number of hydrogen-bond donors (Lipinski definition) is 2. The summed E-state index contributed by atoms with van der Waals surface area (Å²) >= 11 is 0. The molecule has 1 saturated carbocycles. The molecule has 1 fully saturated rings. The fourth-order valence-corrected chi connectivity index (χ4v) is 3.08. The van der Waals surface area contributed by atoms with Gasteiger partial charge in [0, 0.05) is 12.6 Å². The summed E-state index contributed by atoms with van der Waals surface area (Å²) in [7, 11) is 0. The standard InChI is InChI=1S/C18H25N5/c1-14-7-6-8-15(11-14)12-19-18-22-17(13-20-23-18)21-16-9-4-2-3-5-10-16/h6-8,11,13,16H,2-5,9-10,12H2,1H3,(H2,19,21,22,23). The zero-order valence-corrected chi connectivity index (χ0v) is 13.8. The number of anilines is 2. The first-order chi connectivity index (χ1) is 11.3. The Morgan fingerprint density at radius 3 is 2.74 bits per heavy atom. The van der Waals surface area contributed by atoms with Crippen molar-refractivity contribution in [1.29, 1.82) is 0 Å². The van der Waals surface area contributed by atoms with E-state index in [0.717, 1.165) is 5.82 Å². The maximum Gasteiger partial charge on any atom is 0.244 e. The third-order valence-corrected chi connectivity index (χ3v) is 4.30. The summed E-state index contributed by atoms with van der Waals surface area (Å²) in [4.78, 5) is 4.54.